The van der Waals surface area contributed by atoms with Crippen molar-refractivity contribution in [1.82, 2.24) is 9.97 Å². The van der Waals surface area contributed by atoms with Gasteiger partial charge in [-0.1, -0.05) is 24.8 Å². The molecule has 0 aliphatic carbocycles. The Morgan fingerprint density at radius 2 is 1.74 bits per heavy atom. The predicted octanol–water partition coefficient (Wildman–Crippen LogP) is 4.13. The summed E-state index contributed by atoms with van der Waals surface area (Å²) in [5, 5.41) is 3.09. The highest BCUT2D eigenvalue weighted by atomic mass is 19.1. The molecular formula is C26H26FN3O5. The fourth-order valence-electron chi connectivity index (χ4n) is 3.42. The molecule has 8 nitrogen and oxygen atoms in total. The van der Waals surface area contributed by atoms with Gasteiger partial charge in [0, 0.05) is 23.7 Å². The van der Waals surface area contributed by atoms with Crippen LogP contribution < -0.4 is 14.8 Å². The van der Waals surface area contributed by atoms with Gasteiger partial charge in [-0.3, -0.25) is 4.79 Å². The first-order valence-electron chi connectivity index (χ1n) is 11.2. The van der Waals surface area contributed by atoms with Gasteiger partial charge >= 0.3 is 0 Å². The van der Waals surface area contributed by atoms with Crippen molar-refractivity contribution >= 4 is 17.4 Å². The van der Waals surface area contributed by atoms with E-state index in [-0.39, 0.29) is 23.8 Å². The predicted molar refractivity (Wildman–Crippen MR) is 129 cm³/mol. The Hall–Kier alpha value is -3.82. The maximum Gasteiger partial charge on any atom is 0.227 e. The molecule has 0 spiro atoms. The molecule has 0 bridgehead atoms. The number of ether oxygens (including phenoxy) is 4. The van der Waals surface area contributed by atoms with Gasteiger partial charge < -0.3 is 24.3 Å². The van der Waals surface area contributed by atoms with Gasteiger partial charge in [0.15, 0.2) is 23.1 Å². The summed E-state index contributed by atoms with van der Waals surface area (Å²) in [5.74, 6) is 0.626. The Morgan fingerprint density at radius 1 is 1.00 bits per heavy atom. The molecule has 2 aromatic carbocycles. The Balaban J connectivity index is 1.54. The quantitative estimate of drug-likeness (QED) is 0.528. The molecule has 0 radical (unpaired) electrons. The molecule has 1 aliphatic heterocycles. The van der Waals surface area contributed by atoms with E-state index in [1.54, 1.807) is 42.5 Å². The van der Waals surface area contributed by atoms with Crippen molar-refractivity contribution in [3.8, 4) is 22.8 Å². The Labute approximate surface area is 202 Å². The molecular weight excluding hydrogens is 453 g/mol. The molecule has 2 heterocycles. The number of fused-ring (bicyclic) bond motifs is 1. The number of anilines is 2. The zero-order chi connectivity index (χ0) is 24.5. The number of allylic oxidation sites excluding steroid dienone is 1. The van der Waals surface area contributed by atoms with Crippen molar-refractivity contribution < 1.29 is 28.1 Å². The van der Waals surface area contributed by atoms with E-state index in [4.69, 9.17) is 18.9 Å². The van der Waals surface area contributed by atoms with Gasteiger partial charge in [0.1, 0.15) is 18.9 Å². The number of hydrogen-bond donors (Lipinski definition) is 1. The van der Waals surface area contributed by atoms with Crippen LogP contribution in [0.5, 0.6) is 11.5 Å². The van der Waals surface area contributed by atoms with E-state index in [0.717, 1.165) is 11.8 Å². The molecule has 0 fully saturated rings. The molecule has 0 unspecified atom stereocenters. The maximum absolute atomic E-state index is 14.6. The van der Waals surface area contributed by atoms with Crippen molar-refractivity contribution in [2.45, 2.75) is 6.42 Å². The number of halogens is 1. The van der Waals surface area contributed by atoms with Crippen LogP contribution in [0.1, 0.15) is 5.56 Å². The van der Waals surface area contributed by atoms with Crippen LogP contribution in [0.3, 0.4) is 0 Å². The smallest absolute Gasteiger partial charge is 0.227 e. The number of nitrogens with one attached hydrogen (secondary N) is 1. The lowest BCUT2D eigenvalue weighted by atomic mass is 10.0. The van der Waals surface area contributed by atoms with Gasteiger partial charge in [0.05, 0.1) is 32.6 Å². The fourth-order valence-corrected chi connectivity index (χ4v) is 3.42. The maximum atomic E-state index is 14.6. The van der Waals surface area contributed by atoms with E-state index in [1.807, 2.05) is 0 Å². The second kappa shape index (κ2) is 12.0. The van der Waals surface area contributed by atoms with Gasteiger partial charge in [-0.15, -0.1) is 0 Å². The number of carbonyl (C=O) groups is 1. The largest absolute Gasteiger partial charge is 0.487 e. The van der Waals surface area contributed by atoms with Gasteiger partial charge in [-0.25, -0.2) is 14.4 Å². The number of hydrogen-bond acceptors (Lipinski definition) is 8. The minimum atomic E-state index is -0.570. The lowest BCUT2D eigenvalue weighted by Gasteiger charge is -2.16. The molecule has 0 amide bonds. The molecule has 1 aliphatic rings. The number of rotatable bonds is 6. The summed E-state index contributed by atoms with van der Waals surface area (Å²) in [4.78, 5) is 20.1. The van der Waals surface area contributed by atoms with Crippen LogP contribution in [0, 0.1) is 5.82 Å². The highest BCUT2D eigenvalue weighted by Gasteiger charge is 2.13. The molecule has 3 aromatic rings. The molecule has 9 heteroatoms. The van der Waals surface area contributed by atoms with E-state index in [0.29, 0.717) is 62.4 Å². The normalized spacial score (nSPS) is 14.3. The molecule has 0 saturated carbocycles. The number of nitrogens with zero attached hydrogens (tertiary/aromatic N) is 2. The van der Waals surface area contributed by atoms with Crippen molar-refractivity contribution in [3.63, 3.8) is 0 Å². The second-order valence-corrected chi connectivity index (χ2v) is 7.65. The van der Waals surface area contributed by atoms with Gasteiger partial charge in [-0.2, -0.15) is 0 Å². The van der Waals surface area contributed by atoms with Crippen LogP contribution in [0.25, 0.3) is 11.3 Å². The first-order chi connectivity index (χ1) is 17.1. The van der Waals surface area contributed by atoms with Crippen molar-refractivity contribution in [1.29, 1.82) is 0 Å². The van der Waals surface area contributed by atoms with Crippen molar-refractivity contribution in [2.24, 2.45) is 0 Å². The van der Waals surface area contributed by atoms with Crippen LogP contribution in [0.2, 0.25) is 0 Å². The summed E-state index contributed by atoms with van der Waals surface area (Å²) < 4.78 is 37.1. The van der Waals surface area contributed by atoms with Crippen molar-refractivity contribution in [2.75, 3.05) is 45.0 Å². The molecule has 0 saturated heterocycles. The van der Waals surface area contributed by atoms with E-state index in [2.05, 4.69) is 21.9 Å². The highest BCUT2D eigenvalue weighted by Crippen LogP contribution is 2.32. The van der Waals surface area contributed by atoms with Crippen LogP contribution in [-0.2, 0) is 20.7 Å². The standard InChI is InChI=1S/C26H26FN3O5/c1-2-21(31)15-18-4-3-5-19(14-18)25-22(27)17-28-26(30-25)29-20-6-7-23-24(16-20)35-13-11-33-9-8-32-10-12-34-23/h2-7,14,16-17H,1,8-13,15H2,(H,28,29,30). The minimum Gasteiger partial charge on any atom is -0.487 e. The zero-order valence-corrected chi connectivity index (χ0v) is 19.2. The molecule has 35 heavy (non-hydrogen) atoms. The summed E-state index contributed by atoms with van der Waals surface area (Å²) in [6.45, 7) is 6.09. The molecule has 1 N–H and O–H groups in total. The Morgan fingerprint density at radius 3 is 2.51 bits per heavy atom. The Kier molecular flexibility index (Phi) is 8.37. The van der Waals surface area contributed by atoms with Gasteiger partial charge in [0.25, 0.3) is 0 Å². The van der Waals surface area contributed by atoms with Gasteiger partial charge in [-0.05, 0) is 29.8 Å². The second-order valence-electron chi connectivity index (χ2n) is 7.65. The number of aromatic nitrogens is 2. The summed E-state index contributed by atoms with van der Waals surface area (Å²) >= 11 is 0. The van der Waals surface area contributed by atoms with E-state index < -0.39 is 5.82 Å². The third kappa shape index (κ3) is 6.84. The fraction of sp³-hybridized carbons (Fsp3) is 0.269. The molecule has 4 rings (SSSR count). The highest BCUT2D eigenvalue weighted by molar-refractivity contribution is 5.91. The average Bonchev–Trinajstić information content (AvgIpc) is 2.86. The molecule has 1 aromatic heterocycles. The van der Waals surface area contributed by atoms with Gasteiger partial charge in [0.2, 0.25) is 5.95 Å². The third-order valence-electron chi connectivity index (χ3n) is 5.09. The number of carbonyl (C=O) groups excluding carboxylic acids is 1. The van der Waals surface area contributed by atoms with E-state index >= 15 is 0 Å². The van der Waals surface area contributed by atoms with Crippen LogP contribution >= 0.6 is 0 Å². The van der Waals surface area contributed by atoms with Crippen LogP contribution in [0.15, 0.2) is 61.3 Å². The number of benzene rings is 2. The van der Waals surface area contributed by atoms with E-state index in [1.165, 1.54) is 6.08 Å². The first kappa shape index (κ1) is 24.3. The van der Waals surface area contributed by atoms with Crippen LogP contribution in [-0.4, -0.2) is 55.4 Å². The molecule has 182 valence electrons. The SMILES string of the molecule is C=CC(=O)Cc1cccc(-c2nc(Nc3ccc4c(c3)OCCOCCOCCO4)ncc2F)c1. The lowest BCUT2D eigenvalue weighted by molar-refractivity contribution is -0.114. The summed E-state index contributed by atoms with van der Waals surface area (Å²) in [6, 6.07) is 12.3. The lowest BCUT2D eigenvalue weighted by Crippen LogP contribution is -2.15. The summed E-state index contributed by atoms with van der Waals surface area (Å²) in [7, 11) is 0. The Bertz CT molecular complexity index is 1190. The topological polar surface area (TPSA) is 91.8 Å². The molecule has 0 atom stereocenters. The monoisotopic (exact) mass is 479 g/mol. The van der Waals surface area contributed by atoms with E-state index in [9.17, 15) is 9.18 Å². The average molecular weight is 480 g/mol. The van der Waals surface area contributed by atoms with Crippen molar-refractivity contribution in [3.05, 3.63) is 72.7 Å². The summed E-state index contributed by atoms with van der Waals surface area (Å²) in [5.41, 5.74) is 2.04. The summed E-state index contributed by atoms with van der Waals surface area (Å²) in [6.07, 6.45) is 2.56. The van der Waals surface area contributed by atoms with Crippen LogP contribution in [0.4, 0.5) is 16.0 Å². The number of ketones is 1. The first-order valence-corrected chi connectivity index (χ1v) is 11.2. The zero-order valence-electron chi connectivity index (χ0n) is 19.2. The minimum absolute atomic E-state index is 0.116. The third-order valence-corrected chi connectivity index (χ3v) is 5.09.